The zero-order valence-electron chi connectivity index (χ0n) is 19.0. The number of benzene rings is 4. The highest BCUT2D eigenvalue weighted by molar-refractivity contribution is 6.46. The molecule has 0 aliphatic carbocycles. The van der Waals surface area contributed by atoms with E-state index in [2.05, 4.69) is 23.1 Å². The van der Waals surface area contributed by atoms with Crippen LogP contribution in [-0.4, -0.2) is 23.3 Å². The van der Waals surface area contributed by atoms with E-state index in [4.69, 9.17) is 0 Å². The summed E-state index contributed by atoms with van der Waals surface area (Å²) in [6, 6.07) is 29.8. The van der Waals surface area contributed by atoms with Crippen LogP contribution in [0.1, 0.15) is 22.3 Å². The van der Waals surface area contributed by atoms with Crippen LogP contribution in [0.3, 0.4) is 0 Å². The van der Waals surface area contributed by atoms with Crippen LogP contribution in [0.2, 0.25) is 0 Å². The maximum atomic E-state index is 14.0. The van der Waals surface area contributed by atoms with Crippen molar-refractivity contribution in [2.75, 3.05) is 11.4 Å². The quantitative estimate of drug-likeness (QED) is 0.392. The molecule has 0 N–H and O–H groups in total. The van der Waals surface area contributed by atoms with Crippen molar-refractivity contribution in [2.24, 2.45) is 0 Å². The average molecular weight is 445 g/mol. The van der Waals surface area contributed by atoms with E-state index in [0.29, 0.717) is 30.0 Å². The Labute approximate surface area is 198 Å². The van der Waals surface area contributed by atoms with Crippen molar-refractivity contribution in [3.05, 3.63) is 119 Å². The van der Waals surface area contributed by atoms with Crippen molar-refractivity contribution in [2.45, 2.75) is 19.9 Å². The average Bonchev–Trinajstić information content (AvgIpc) is 3.13. The molecule has 0 atom stereocenters. The van der Waals surface area contributed by atoms with Gasteiger partial charge in [0.25, 0.3) is 11.8 Å². The molecule has 0 bridgehead atoms. The third-order valence-electron chi connectivity index (χ3n) is 6.85. The fourth-order valence-corrected chi connectivity index (χ4v) is 5.10. The summed E-state index contributed by atoms with van der Waals surface area (Å²) in [5.74, 6) is -0.518. The number of rotatable bonds is 3. The summed E-state index contributed by atoms with van der Waals surface area (Å²) in [6.45, 7) is 3.33. The Bertz CT molecular complexity index is 1480. The van der Waals surface area contributed by atoms with E-state index >= 15 is 0 Å². The van der Waals surface area contributed by atoms with Gasteiger partial charge in [-0.25, -0.2) is 4.90 Å². The van der Waals surface area contributed by atoms with Gasteiger partial charge < -0.3 is 4.90 Å². The number of aryl methyl sites for hydroxylation is 1. The molecule has 0 fully saturated rings. The van der Waals surface area contributed by atoms with Crippen LogP contribution in [0.25, 0.3) is 16.3 Å². The Hall–Kier alpha value is -4.18. The number of anilines is 1. The first-order valence-corrected chi connectivity index (χ1v) is 11.6. The lowest BCUT2D eigenvalue weighted by Crippen LogP contribution is -2.37. The minimum Gasteiger partial charge on any atom is -0.362 e. The van der Waals surface area contributed by atoms with Crippen molar-refractivity contribution in [1.82, 2.24) is 4.90 Å². The summed E-state index contributed by atoms with van der Waals surface area (Å²) in [5, 5.41) is 1.89. The summed E-state index contributed by atoms with van der Waals surface area (Å²) in [7, 11) is 0. The summed E-state index contributed by atoms with van der Waals surface area (Å²) in [5.41, 5.74) is 6.01. The van der Waals surface area contributed by atoms with E-state index in [1.807, 2.05) is 79.7 Å². The maximum Gasteiger partial charge on any atom is 0.282 e. The largest absolute Gasteiger partial charge is 0.362 e. The van der Waals surface area contributed by atoms with Crippen LogP contribution >= 0.6 is 0 Å². The van der Waals surface area contributed by atoms with E-state index in [-0.39, 0.29) is 11.8 Å². The lowest BCUT2D eigenvalue weighted by Gasteiger charge is -2.31. The zero-order valence-corrected chi connectivity index (χ0v) is 19.0. The topological polar surface area (TPSA) is 40.6 Å². The Morgan fingerprint density at radius 3 is 2.24 bits per heavy atom. The predicted molar refractivity (Wildman–Crippen MR) is 135 cm³/mol. The molecule has 0 saturated carbocycles. The molecule has 0 unspecified atom stereocenters. The molecule has 2 aliphatic heterocycles. The second-order valence-corrected chi connectivity index (χ2v) is 8.97. The highest BCUT2D eigenvalue weighted by Gasteiger charge is 2.43. The van der Waals surface area contributed by atoms with Gasteiger partial charge in [-0.15, -0.1) is 0 Å². The van der Waals surface area contributed by atoms with Gasteiger partial charge in [0.05, 0.1) is 11.3 Å². The molecule has 4 aromatic rings. The Morgan fingerprint density at radius 1 is 0.706 bits per heavy atom. The van der Waals surface area contributed by atoms with Gasteiger partial charge in [0.15, 0.2) is 0 Å². The van der Waals surface area contributed by atoms with Crippen LogP contribution in [0.5, 0.6) is 0 Å². The predicted octanol–water partition coefficient (Wildman–Crippen LogP) is 5.49. The number of carbonyl (C=O) groups excluding carboxylic acids is 2. The third-order valence-corrected chi connectivity index (χ3v) is 6.85. The lowest BCUT2D eigenvalue weighted by molar-refractivity contribution is -0.120. The van der Waals surface area contributed by atoms with Crippen molar-refractivity contribution in [3.8, 4) is 0 Å². The summed E-state index contributed by atoms with van der Waals surface area (Å²) in [4.78, 5) is 31.4. The van der Waals surface area contributed by atoms with E-state index < -0.39 is 0 Å². The minimum absolute atomic E-state index is 0.253. The fourth-order valence-electron chi connectivity index (χ4n) is 5.10. The first-order chi connectivity index (χ1) is 16.6. The maximum absolute atomic E-state index is 14.0. The van der Waals surface area contributed by atoms with Crippen molar-refractivity contribution >= 4 is 33.8 Å². The fraction of sp³-hybridized carbons (Fsp3) is 0.133. The van der Waals surface area contributed by atoms with Gasteiger partial charge in [-0.3, -0.25) is 9.59 Å². The van der Waals surface area contributed by atoms with Gasteiger partial charge >= 0.3 is 0 Å². The van der Waals surface area contributed by atoms with Gasteiger partial charge in [-0.05, 0) is 41.5 Å². The number of fused-ring (bicyclic) bond motifs is 2. The molecule has 166 valence electrons. The molecule has 0 saturated heterocycles. The number of carbonyl (C=O) groups is 2. The molecule has 4 nitrogen and oxygen atoms in total. The monoisotopic (exact) mass is 444 g/mol. The Morgan fingerprint density at radius 2 is 1.41 bits per heavy atom. The standard InChI is InChI=1S/C30H24N2O2/c1-20-13-15-23(16-14-20)27-28(31-18-17-21-7-2-3-9-24(21)19-31)30(34)32(29(27)33)26-12-6-10-22-8-4-5-11-25(22)26/h2-16H,17-19H2,1H3. The number of imide groups is 1. The van der Waals surface area contributed by atoms with Crippen LogP contribution in [0.15, 0.2) is 96.7 Å². The van der Waals surface area contributed by atoms with Crippen LogP contribution < -0.4 is 4.90 Å². The van der Waals surface area contributed by atoms with Crippen LogP contribution in [0.4, 0.5) is 5.69 Å². The molecule has 0 radical (unpaired) electrons. The van der Waals surface area contributed by atoms with Gasteiger partial charge in [-0.1, -0.05) is 90.5 Å². The molecule has 4 aromatic carbocycles. The van der Waals surface area contributed by atoms with Gasteiger partial charge in [0, 0.05) is 18.5 Å². The van der Waals surface area contributed by atoms with Crippen LogP contribution in [-0.2, 0) is 22.6 Å². The van der Waals surface area contributed by atoms with Crippen molar-refractivity contribution in [1.29, 1.82) is 0 Å². The zero-order chi connectivity index (χ0) is 23.2. The number of hydrogen-bond donors (Lipinski definition) is 0. The van der Waals surface area contributed by atoms with E-state index in [1.54, 1.807) is 0 Å². The highest BCUT2D eigenvalue weighted by atomic mass is 16.2. The highest BCUT2D eigenvalue weighted by Crippen LogP contribution is 2.39. The minimum atomic E-state index is -0.265. The summed E-state index contributed by atoms with van der Waals surface area (Å²) in [6.07, 6.45) is 0.844. The molecule has 0 aromatic heterocycles. The Balaban J connectivity index is 1.50. The van der Waals surface area contributed by atoms with Crippen molar-refractivity contribution in [3.63, 3.8) is 0 Å². The molecule has 2 aliphatic rings. The first kappa shape index (κ1) is 20.4. The number of nitrogens with zero attached hydrogens (tertiary/aromatic N) is 2. The second-order valence-electron chi connectivity index (χ2n) is 8.97. The third kappa shape index (κ3) is 3.22. The summed E-state index contributed by atoms with van der Waals surface area (Å²) >= 11 is 0. The van der Waals surface area contributed by atoms with Crippen molar-refractivity contribution < 1.29 is 9.59 Å². The van der Waals surface area contributed by atoms with Gasteiger partial charge in [0.1, 0.15) is 5.70 Å². The molecule has 0 spiro atoms. The number of hydrogen-bond acceptors (Lipinski definition) is 3. The van der Waals surface area contributed by atoms with E-state index in [1.165, 1.54) is 16.0 Å². The van der Waals surface area contributed by atoms with Crippen LogP contribution in [0, 0.1) is 6.92 Å². The van der Waals surface area contributed by atoms with Gasteiger partial charge in [0.2, 0.25) is 0 Å². The first-order valence-electron chi connectivity index (χ1n) is 11.6. The van der Waals surface area contributed by atoms with E-state index in [0.717, 1.165) is 28.3 Å². The number of amides is 2. The lowest BCUT2D eigenvalue weighted by atomic mass is 9.97. The molecular weight excluding hydrogens is 420 g/mol. The molecule has 2 amide bonds. The molecular formula is C30H24N2O2. The molecule has 34 heavy (non-hydrogen) atoms. The smallest absolute Gasteiger partial charge is 0.282 e. The summed E-state index contributed by atoms with van der Waals surface area (Å²) < 4.78 is 0. The second kappa shape index (κ2) is 7.99. The Kier molecular flexibility index (Phi) is 4.80. The SMILES string of the molecule is Cc1ccc(C2=C(N3CCc4ccccc4C3)C(=O)N(c3cccc4ccccc34)C2=O)cc1. The normalized spacial score (nSPS) is 15.9. The van der Waals surface area contributed by atoms with Gasteiger partial charge in [-0.2, -0.15) is 0 Å². The molecule has 4 heteroatoms. The molecule has 2 heterocycles. The molecule has 6 rings (SSSR count). The van der Waals surface area contributed by atoms with E-state index in [9.17, 15) is 9.59 Å².